The summed E-state index contributed by atoms with van der Waals surface area (Å²) in [6.07, 6.45) is 0.852. The highest BCUT2D eigenvalue weighted by Crippen LogP contribution is 2.15. The average molecular weight is 193 g/mol. The molecule has 1 atom stereocenters. The SMILES string of the molecule is CC[C@@H](N)c1cccc(C(=O)OC)c1. The van der Waals surface area contributed by atoms with Crippen LogP contribution in [0.4, 0.5) is 0 Å². The maximum Gasteiger partial charge on any atom is 0.337 e. The molecule has 14 heavy (non-hydrogen) atoms. The predicted molar refractivity (Wildman–Crippen MR) is 55.0 cm³/mol. The van der Waals surface area contributed by atoms with Crippen molar-refractivity contribution in [2.45, 2.75) is 19.4 Å². The summed E-state index contributed by atoms with van der Waals surface area (Å²) in [5.41, 5.74) is 7.37. The molecule has 0 bridgehead atoms. The second-order valence-electron chi connectivity index (χ2n) is 3.13. The molecule has 0 amide bonds. The lowest BCUT2D eigenvalue weighted by molar-refractivity contribution is 0.0600. The van der Waals surface area contributed by atoms with Crippen molar-refractivity contribution >= 4 is 5.97 Å². The minimum Gasteiger partial charge on any atom is -0.465 e. The third-order valence-corrected chi connectivity index (χ3v) is 2.18. The molecule has 0 saturated heterocycles. The summed E-state index contributed by atoms with van der Waals surface area (Å²) in [7, 11) is 1.37. The Morgan fingerprint density at radius 2 is 2.29 bits per heavy atom. The standard InChI is InChI=1S/C11H15NO2/c1-3-10(12)8-5-4-6-9(7-8)11(13)14-2/h4-7,10H,3,12H2,1-2H3/t10-/m1/s1. The van der Waals surface area contributed by atoms with Gasteiger partial charge in [0.1, 0.15) is 0 Å². The molecule has 0 aliphatic carbocycles. The predicted octanol–water partition coefficient (Wildman–Crippen LogP) is 1.88. The van der Waals surface area contributed by atoms with Crippen molar-refractivity contribution in [3.8, 4) is 0 Å². The van der Waals surface area contributed by atoms with Gasteiger partial charge in [-0.2, -0.15) is 0 Å². The molecule has 0 fully saturated rings. The molecule has 3 heteroatoms. The lowest BCUT2D eigenvalue weighted by Crippen LogP contribution is -2.10. The number of methoxy groups -OCH3 is 1. The minimum atomic E-state index is -0.324. The average Bonchev–Trinajstić information content (AvgIpc) is 2.27. The number of rotatable bonds is 3. The van der Waals surface area contributed by atoms with Crippen LogP contribution in [0, 0.1) is 0 Å². The number of benzene rings is 1. The van der Waals surface area contributed by atoms with Gasteiger partial charge in [-0.1, -0.05) is 19.1 Å². The number of hydrogen-bond donors (Lipinski definition) is 1. The fraction of sp³-hybridized carbons (Fsp3) is 0.364. The van der Waals surface area contributed by atoms with E-state index in [2.05, 4.69) is 4.74 Å². The number of carbonyl (C=O) groups excluding carboxylic acids is 1. The molecule has 1 aromatic carbocycles. The third kappa shape index (κ3) is 2.33. The van der Waals surface area contributed by atoms with Gasteiger partial charge in [0.05, 0.1) is 12.7 Å². The van der Waals surface area contributed by atoms with Gasteiger partial charge in [0.2, 0.25) is 0 Å². The molecule has 0 spiro atoms. The molecule has 0 heterocycles. The van der Waals surface area contributed by atoms with Crippen molar-refractivity contribution in [2.24, 2.45) is 5.73 Å². The van der Waals surface area contributed by atoms with Crippen molar-refractivity contribution in [2.75, 3.05) is 7.11 Å². The van der Waals surface area contributed by atoms with Crippen LogP contribution < -0.4 is 5.73 Å². The van der Waals surface area contributed by atoms with Crippen LogP contribution in [0.25, 0.3) is 0 Å². The van der Waals surface area contributed by atoms with Gasteiger partial charge < -0.3 is 10.5 Å². The molecule has 1 rings (SSSR count). The van der Waals surface area contributed by atoms with Gasteiger partial charge >= 0.3 is 5.97 Å². The van der Waals surface area contributed by atoms with E-state index in [0.717, 1.165) is 12.0 Å². The van der Waals surface area contributed by atoms with Gasteiger partial charge in [-0.3, -0.25) is 0 Å². The number of ether oxygens (including phenoxy) is 1. The maximum atomic E-state index is 11.2. The van der Waals surface area contributed by atoms with Gasteiger partial charge in [0.15, 0.2) is 0 Å². The molecule has 2 N–H and O–H groups in total. The molecule has 0 saturated carbocycles. The van der Waals surface area contributed by atoms with Gasteiger partial charge in [0, 0.05) is 6.04 Å². The topological polar surface area (TPSA) is 52.3 Å². The second kappa shape index (κ2) is 4.77. The zero-order valence-corrected chi connectivity index (χ0v) is 8.49. The Morgan fingerprint density at radius 1 is 1.57 bits per heavy atom. The molecular weight excluding hydrogens is 178 g/mol. The third-order valence-electron chi connectivity index (χ3n) is 2.18. The van der Waals surface area contributed by atoms with E-state index in [1.807, 2.05) is 19.1 Å². The first-order valence-electron chi connectivity index (χ1n) is 4.63. The molecule has 0 aliphatic heterocycles. The summed E-state index contributed by atoms with van der Waals surface area (Å²) in [6, 6.07) is 7.22. The van der Waals surface area contributed by atoms with E-state index in [9.17, 15) is 4.79 Å². The highest BCUT2D eigenvalue weighted by molar-refractivity contribution is 5.89. The summed E-state index contributed by atoms with van der Waals surface area (Å²) in [4.78, 5) is 11.2. The summed E-state index contributed by atoms with van der Waals surface area (Å²) in [5, 5.41) is 0. The van der Waals surface area contributed by atoms with Crippen molar-refractivity contribution in [1.29, 1.82) is 0 Å². The smallest absolute Gasteiger partial charge is 0.337 e. The molecule has 1 aromatic rings. The highest BCUT2D eigenvalue weighted by Gasteiger charge is 2.08. The van der Waals surface area contributed by atoms with E-state index in [0.29, 0.717) is 5.56 Å². The number of carbonyl (C=O) groups is 1. The van der Waals surface area contributed by atoms with Crippen LogP contribution in [0.2, 0.25) is 0 Å². The molecule has 0 aliphatic rings. The Morgan fingerprint density at radius 3 is 2.86 bits per heavy atom. The fourth-order valence-corrected chi connectivity index (χ4v) is 1.25. The van der Waals surface area contributed by atoms with Crippen LogP contribution in [-0.2, 0) is 4.74 Å². The fourth-order valence-electron chi connectivity index (χ4n) is 1.25. The monoisotopic (exact) mass is 193 g/mol. The van der Waals surface area contributed by atoms with E-state index < -0.39 is 0 Å². The zero-order chi connectivity index (χ0) is 10.6. The molecule has 0 radical (unpaired) electrons. The number of hydrogen-bond acceptors (Lipinski definition) is 3. The Labute approximate surface area is 83.9 Å². The van der Waals surface area contributed by atoms with Crippen LogP contribution >= 0.6 is 0 Å². The van der Waals surface area contributed by atoms with Crippen LogP contribution in [0.5, 0.6) is 0 Å². The lowest BCUT2D eigenvalue weighted by Gasteiger charge is -2.09. The van der Waals surface area contributed by atoms with E-state index >= 15 is 0 Å². The highest BCUT2D eigenvalue weighted by atomic mass is 16.5. The largest absolute Gasteiger partial charge is 0.465 e. The van der Waals surface area contributed by atoms with Crippen molar-refractivity contribution in [1.82, 2.24) is 0 Å². The van der Waals surface area contributed by atoms with E-state index in [1.165, 1.54) is 7.11 Å². The molecule has 3 nitrogen and oxygen atoms in total. The van der Waals surface area contributed by atoms with Gasteiger partial charge in [-0.05, 0) is 24.1 Å². The number of esters is 1. The first-order valence-corrected chi connectivity index (χ1v) is 4.63. The Kier molecular flexibility index (Phi) is 3.65. The Bertz CT molecular complexity index is 323. The normalized spacial score (nSPS) is 12.2. The van der Waals surface area contributed by atoms with Crippen LogP contribution in [0.1, 0.15) is 35.3 Å². The molecule has 0 aromatic heterocycles. The quantitative estimate of drug-likeness (QED) is 0.746. The van der Waals surface area contributed by atoms with Crippen molar-refractivity contribution in [3.63, 3.8) is 0 Å². The molecule has 76 valence electrons. The second-order valence-corrected chi connectivity index (χ2v) is 3.13. The van der Waals surface area contributed by atoms with Gasteiger partial charge in [-0.25, -0.2) is 4.79 Å². The zero-order valence-electron chi connectivity index (χ0n) is 8.49. The van der Waals surface area contributed by atoms with E-state index in [1.54, 1.807) is 12.1 Å². The van der Waals surface area contributed by atoms with Crippen molar-refractivity contribution in [3.05, 3.63) is 35.4 Å². The number of nitrogens with two attached hydrogens (primary N) is 1. The van der Waals surface area contributed by atoms with E-state index in [-0.39, 0.29) is 12.0 Å². The van der Waals surface area contributed by atoms with E-state index in [4.69, 9.17) is 5.73 Å². The first-order chi connectivity index (χ1) is 6.69. The molecule has 0 unspecified atom stereocenters. The molecular formula is C11H15NO2. The van der Waals surface area contributed by atoms with Crippen LogP contribution in [0.15, 0.2) is 24.3 Å². The van der Waals surface area contributed by atoms with Gasteiger partial charge in [0.25, 0.3) is 0 Å². The lowest BCUT2D eigenvalue weighted by atomic mass is 10.0. The summed E-state index contributed by atoms with van der Waals surface area (Å²) < 4.78 is 4.62. The van der Waals surface area contributed by atoms with Crippen LogP contribution in [-0.4, -0.2) is 13.1 Å². The Hall–Kier alpha value is -1.35. The van der Waals surface area contributed by atoms with Crippen molar-refractivity contribution < 1.29 is 9.53 Å². The Balaban J connectivity index is 2.95. The minimum absolute atomic E-state index is 0.0143. The first kappa shape index (κ1) is 10.7. The summed E-state index contributed by atoms with van der Waals surface area (Å²) >= 11 is 0. The van der Waals surface area contributed by atoms with Gasteiger partial charge in [-0.15, -0.1) is 0 Å². The van der Waals surface area contributed by atoms with Crippen LogP contribution in [0.3, 0.4) is 0 Å². The maximum absolute atomic E-state index is 11.2. The summed E-state index contributed by atoms with van der Waals surface area (Å²) in [5.74, 6) is -0.324. The summed E-state index contributed by atoms with van der Waals surface area (Å²) in [6.45, 7) is 2.01.